The van der Waals surface area contributed by atoms with Crippen molar-refractivity contribution in [1.82, 2.24) is 19.8 Å². The Bertz CT molecular complexity index is 2500. The molecule has 4 aromatic rings. The van der Waals surface area contributed by atoms with Crippen molar-refractivity contribution in [2.24, 2.45) is 11.3 Å². The summed E-state index contributed by atoms with van der Waals surface area (Å²) < 4.78 is 67.1. The number of nitrogens with one attached hydrogen (secondary N) is 3. The van der Waals surface area contributed by atoms with E-state index in [4.69, 9.17) is 18.9 Å². The van der Waals surface area contributed by atoms with Crippen LogP contribution in [0.25, 0.3) is 0 Å². The van der Waals surface area contributed by atoms with Crippen molar-refractivity contribution >= 4 is 56.7 Å². The number of aryl methyl sites for hydroxylation is 2. The van der Waals surface area contributed by atoms with Gasteiger partial charge in [-0.15, -0.1) is 13.2 Å². The number of rotatable bonds is 19. The molecule has 1 aromatic heterocycles. The molecular weight excluding hydrogens is 985 g/mol. The minimum Gasteiger partial charge on any atom is -0.489 e. The van der Waals surface area contributed by atoms with E-state index in [0.717, 1.165) is 52.7 Å². The van der Waals surface area contributed by atoms with Gasteiger partial charge in [-0.25, -0.2) is 9.78 Å². The number of carbonyl (C=O) groups excluding carboxylic acids is 3. The predicted molar refractivity (Wildman–Crippen MR) is 255 cm³/mol. The highest BCUT2D eigenvalue weighted by atomic mass is 79.9. The molecule has 0 spiro atoms. The van der Waals surface area contributed by atoms with Gasteiger partial charge >= 0.3 is 12.4 Å². The largest absolute Gasteiger partial charge is 0.573 e. The Balaban J connectivity index is 0.900. The zero-order valence-corrected chi connectivity index (χ0v) is 40.8. The Kier molecular flexibility index (Phi) is 16.8. The minimum absolute atomic E-state index is 0.0368. The van der Waals surface area contributed by atoms with Crippen LogP contribution in [0.3, 0.4) is 0 Å². The number of hydrogen-bond acceptors (Lipinski definition) is 13. The number of non-ortho nitro benzene ring substituents is 1. The molecule has 18 nitrogen and oxygen atoms in total. The van der Waals surface area contributed by atoms with E-state index in [-0.39, 0.29) is 100 Å². The summed E-state index contributed by atoms with van der Waals surface area (Å²) >= 11 is 3.50. The summed E-state index contributed by atoms with van der Waals surface area (Å²) in [6.45, 7) is 9.20. The van der Waals surface area contributed by atoms with E-state index in [2.05, 4.69) is 60.4 Å². The Labute approximate surface area is 411 Å². The van der Waals surface area contributed by atoms with Crippen LogP contribution in [0.4, 0.5) is 40.8 Å². The number of nitro groups is 1. The third-order valence-corrected chi connectivity index (χ3v) is 13.4. The summed E-state index contributed by atoms with van der Waals surface area (Å²) in [7, 11) is 0. The number of hydrogen-bond donors (Lipinski definition) is 3. The van der Waals surface area contributed by atoms with Gasteiger partial charge in [-0.3, -0.25) is 30.0 Å². The zero-order chi connectivity index (χ0) is 50.2. The first-order valence-electron chi connectivity index (χ1n) is 22.9. The standard InChI is InChI=1S/C48H56BrF3N8O10/c1-29-20-41(40(22-38(29)49)56-46(63)57-42-24-53-30(2)23-54-42)69-26-34-25-58(15-17-68-34)43(61)27-67-19-18-66-16-14-59(45(62)31-8-11-33(12-9-31)70-48(50,51)52)28-47(3,4)44-36-7-5-6-35(36)37-21-32(60(64)65)10-13-39(37)55-44/h8-13,20-24,34-36,44,55H,5-7,14-19,25-28H2,1-4H3,(H2,54,56,57,63)/t34-,35?,36?,44?/m0/s1. The number of nitrogens with zero attached hydrogens (tertiary/aromatic N) is 5. The topological polar surface area (TPSA) is 209 Å². The number of carbonyl (C=O) groups is 3. The molecule has 70 heavy (non-hydrogen) atoms. The van der Waals surface area contributed by atoms with Crippen molar-refractivity contribution in [3.05, 3.63) is 104 Å². The highest BCUT2D eigenvalue weighted by Gasteiger charge is 2.47. The third-order valence-electron chi connectivity index (χ3n) is 12.6. The highest BCUT2D eigenvalue weighted by Crippen LogP contribution is 2.52. The van der Waals surface area contributed by atoms with E-state index < -0.39 is 40.5 Å². The lowest BCUT2D eigenvalue weighted by atomic mass is 9.69. The van der Waals surface area contributed by atoms with Crippen LogP contribution in [-0.4, -0.2) is 127 Å². The molecule has 3 aromatic carbocycles. The Morgan fingerprint density at radius 1 is 1.00 bits per heavy atom. The van der Waals surface area contributed by atoms with E-state index in [1.54, 1.807) is 41.0 Å². The molecule has 2 fully saturated rings. The fourth-order valence-corrected chi connectivity index (χ4v) is 9.57. The summed E-state index contributed by atoms with van der Waals surface area (Å²) in [6.07, 6.45) is 0.363. The Morgan fingerprint density at radius 2 is 1.77 bits per heavy atom. The predicted octanol–water partition coefficient (Wildman–Crippen LogP) is 8.49. The van der Waals surface area contributed by atoms with Gasteiger partial charge in [0, 0.05) is 58.9 Å². The number of nitro benzene ring substituents is 1. The van der Waals surface area contributed by atoms with Crippen LogP contribution in [0, 0.1) is 35.3 Å². The zero-order valence-electron chi connectivity index (χ0n) is 39.2. The summed E-state index contributed by atoms with van der Waals surface area (Å²) in [5.41, 5.74) is 3.37. The van der Waals surface area contributed by atoms with Crippen LogP contribution in [0.15, 0.2) is 71.5 Å². The number of anilines is 3. The lowest BCUT2D eigenvalue weighted by Crippen LogP contribution is -2.52. The molecule has 0 bridgehead atoms. The van der Waals surface area contributed by atoms with Crippen LogP contribution in [-0.2, 0) is 19.0 Å². The maximum Gasteiger partial charge on any atom is 0.573 e. The van der Waals surface area contributed by atoms with Crippen molar-refractivity contribution < 1.29 is 56.2 Å². The molecule has 4 amide bonds. The molecule has 3 heterocycles. The second-order valence-electron chi connectivity index (χ2n) is 18.2. The van der Waals surface area contributed by atoms with Gasteiger partial charge in [0.05, 0.1) is 61.7 Å². The molecule has 1 aliphatic carbocycles. The monoisotopic (exact) mass is 1040 g/mol. The number of aromatic nitrogens is 2. The second-order valence-corrected chi connectivity index (χ2v) is 19.0. The van der Waals surface area contributed by atoms with E-state index in [1.807, 2.05) is 6.92 Å². The average Bonchev–Trinajstić information content (AvgIpc) is 3.82. The molecule has 22 heteroatoms. The van der Waals surface area contributed by atoms with Crippen LogP contribution >= 0.6 is 15.9 Å². The first kappa shape index (κ1) is 51.7. The summed E-state index contributed by atoms with van der Waals surface area (Å²) in [5, 5.41) is 20.7. The van der Waals surface area contributed by atoms with Gasteiger partial charge in [0.2, 0.25) is 5.91 Å². The van der Waals surface area contributed by atoms with Crippen LogP contribution in [0.5, 0.6) is 11.5 Å². The van der Waals surface area contributed by atoms with E-state index in [9.17, 15) is 37.7 Å². The number of amides is 4. The number of fused-ring (bicyclic) bond motifs is 3. The third kappa shape index (κ3) is 13.6. The van der Waals surface area contributed by atoms with Crippen molar-refractivity contribution in [3.8, 4) is 11.5 Å². The summed E-state index contributed by atoms with van der Waals surface area (Å²) in [6, 6.07) is 12.5. The highest BCUT2D eigenvalue weighted by molar-refractivity contribution is 9.10. The fraction of sp³-hybridized carbons (Fsp3) is 0.479. The van der Waals surface area contributed by atoms with Gasteiger partial charge in [0.25, 0.3) is 11.6 Å². The molecule has 1 saturated carbocycles. The van der Waals surface area contributed by atoms with Gasteiger partial charge in [0.15, 0.2) is 5.82 Å². The molecule has 1 saturated heterocycles. The number of halogens is 4. The fourth-order valence-electron chi connectivity index (χ4n) is 9.22. The number of ether oxygens (including phenoxy) is 5. The molecule has 0 radical (unpaired) electrons. The van der Waals surface area contributed by atoms with Crippen molar-refractivity contribution in [2.45, 2.75) is 71.4 Å². The van der Waals surface area contributed by atoms with Crippen LogP contribution in [0.1, 0.15) is 66.2 Å². The van der Waals surface area contributed by atoms with Crippen molar-refractivity contribution in [3.63, 3.8) is 0 Å². The van der Waals surface area contributed by atoms with Gasteiger partial charge in [-0.1, -0.05) is 36.2 Å². The molecule has 376 valence electrons. The first-order valence-corrected chi connectivity index (χ1v) is 23.7. The average molecular weight is 1040 g/mol. The normalized spacial score (nSPS) is 18.8. The first-order chi connectivity index (χ1) is 33.3. The molecular formula is C48H56BrF3N8O10. The Hall–Kier alpha value is -6.10. The van der Waals surface area contributed by atoms with E-state index in [0.29, 0.717) is 23.7 Å². The van der Waals surface area contributed by atoms with Gasteiger partial charge in [-0.05, 0) is 92.1 Å². The quantitative estimate of drug-likeness (QED) is 0.0458. The Morgan fingerprint density at radius 3 is 2.50 bits per heavy atom. The van der Waals surface area contributed by atoms with Crippen molar-refractivity contribution in [1.29, 1.82) is 0 Å². The van der Waals surface area contributed by atoms with E-state index >= 15 is 0 Å². The molecule has 4 atom stereocenters. The summed E-state index contributed by atoms with van der Waals surface area (Å²) in [5.74, 6) is -0.192. The molecule has 3 aliphatic rings. The number of benzene rings is 3. The van der Waals surface area contributed by atoms with Gasteiger partial charge in [-0.2, -0.15) is 0 Å². The lowest BCUT2D eigenvalue weighted by molar-refractivity contribution is -0.384. The smallest absolute Gasteiger partial charge is 0.489 e. The molecule has 3 unspecified atom stereocenters. The molecule has 2 aliphatic heterocycles. The molecule has 3 N–H and O–H groups in total. The number of morpholine rings is 1. The minimum atomic E-state index is -4.89. The molecule has 7 rings (SSSR count). The van der Waals surface area contributed by atoms with Crippen LogP contribution in [0.2, 0.25) is 0 Å². The SMILES string of the molecule is Cc1cnc(NC(=O)Nc2cc(Br)c(C)cc2OC[C@@H]2CN(C(=O)COCCOCCN(CC(C)(C)C3Nc4ccc([N+](=O)[O-])cc4C4CCCC43)C(=O)c3ccc(OC(F)(F)F)cc3)CCO2)cn1. The van der Waals surface area contributed by atoms with Crippen LogP contribution < -0.4 is 25.4 Å². The van der Waals surface area contributed by atoms with Crippen molar-refractivity contribution in [2.75, 3.05) is 81.8 Å². The maximum atomic E-state index is 14.1. The maximum absolute atomic E-state index is 14.1. The van der Waals surface area contributed by atoms with E-state index in [1.165, 1.54) is 30.6 Å². The van der Waals surface area contributed by atoms with Gasteiger partial charge < -0.3 is 44.1 Å². The second kappa shape index (κ2) is 22.8. The summed E-state index contributed by atoms with van der Waals surface area (Å²) in [4.78, 5) is 62.9. The number of urea groups is 1. The number of alkyl halides is 3. The van der Waals surface area contributed by atoms with Gasteiger partial charge in [0.1, 0.15) is 30.8 Å². The lowest BCUT2D eigenvalue weighted by Gasteiger charge is -2.47.